The molecule has 0 saturated carbocycles. The van der Waals surface area contributed by atoms with Gasteiger partial charge in [-0.15, -0.1) is 12.4 Å². The lowest BCUT2D eigenvalue weighted by atomic mass is 10.1. The number of hydrogen-bond donors (Lipinski definition) is 1. The summed E-state index contributed by atoms with van der Waals surface area (Å²) in [5.41, 5.74) is 1.23. The van der Waals surface area contributed by atoms with Gasteiger partial charge in [-0.3, -0.25) is 9.69 Å². The van der Waals surface area contributed by atoms with Crippen molar-refractivity contribution in [2.24, 2.45) is 5.92 Å². The molecule has 0 spiro atoms. The Hall–Kier alpha value is -0.580. The molecule has 0 radical (unpaired) electrons. The fraction of sp³-hybridized carbons (Fsp3) is 0.462. The van der Waals surface area contributed by atoms with Crippen LogP contribution in [-0.2, 0) is 4.79 Å². The van der Waals surface area contributed by atoms with Crippen LogP contribution in [0.15, 0.2) is 28.7 Å². The lowest BCUT2D eigenvalue weighted by molar-refractivity contribution is -0.141. The molecule has 100 valence electrons. The van der Waals surface area contributed by atoms with Crippen molar-refractivity contribution in [2.45, 2.75) is 19.4 Å². The van der Waals surface area contributed by atoms with Crippen molar-refractivity contribution in [1.82, 2.24) is 4.90 Å². The first-order chi connectivity index (χ1) is 8.08. The number of carboxylic acid groups (broad SMARTS) is 1. The maximum Gasteiger partial charge on any atom is 0.307 e. The molecular weight excluding hydrogens is 318 g/mol. The second-order valence-corrected chi connectivity index (χ2v) is 5.47. The van der Waals surface area contributed by atoms with Gasteiger partial charge >= 0.3 is 5.97 Å². The Kier molecular flexibility index (Phi) is 5.63. The Labute approximate surface area is 122 Å². The van der Waals surface area contributed by atoms with Crippen molar-refractivity contribution in [1.29, 1.82) is 0 Å². The van der Waals surface area contributed by atoms with Crippen molar-refractivity contribution in [3.63, 3.8) is 0 Å². The number of benzene rings is 1. The molecule has 1 aromatic carbocycles. The molecular formula is C13H17BrClNO2. The topological polar surface area (TPSA) is 40.5 Å². The summed E-state index contributed by atoms with van der Waals surface area (Å²) in [4.78, 5) is 13.2. The van der Waals surface area contributed by atoms with Crippen LogP contribution in [0.2, 0.25) is 0 Å². The van der Waals surface area contributed by atoms with E-state index in [4.69, 9.17) is 5.11 Å². The van der Waals surface area contributed by atoms with Crippen molar-refractivity contribution in [2.75, 3.05) is 13.1 Å². The highest BCUT2D eigenvalue weighted by Crippen LogP contribution is 2.28. The van der Waals surface area contributed by atoms with Crippen molar-refractivity contribution in [3.8, 4) is 0 Å². The zero-order valence-corrected chi connectivity index (χ0v) is 12.6. The average molecular weight is 335 g/mol. The van der Waals surface area contributed by atoms with Crippen LogP contribution in [0.4, 0.5) is 0 Å². The Bertz CT molecular complexity index is 427. The molecule has 0 aromatic heterocycles. The first-order valence-corrected chi connectivity index (χ1v) is 6.59. The fourth-order valence-electron chi connectivity index (χ4n) is 2.32. The maximum atomic E-state index is 10.9. The van der Waals surface area contributed by atoms with E-state index in [9.17, 15) is 4.79 Å². The minimum absolute atomic E-state index is 0. The highest BCUT2D eigenvalue weighted by Gasteiger charge is 2.30. The summed E-state index contributed by atoms with van der Waals surface area (Å²) in [6, 6.07) is 8.47. The summed E-state index contributed by atoms with van der Waals surface area (Å²) in [5, 5.41) is 8.99. The first kappa shape index (κ1) is 15.5. The predicted molar refractivity (Wildman–Crippen MR) is 77.1 cm³/mol. The van der Waals surface area contributed by atoms with Gasteiger partial charge in [-0.1, -0.05) is 28.1 Å². The highest BCUT2D eigenvalue weighted by atomic mass is 79.9. The van der Waals surface area contributed by atoms with E-state index in [1.54, 1.807) is 0 Å². The van der Waals surface area contributed by atoms with Gasteiger partial charge in [-0.2, -0.15) is 0 Å². The van der Waals surface area contributed by atoms with Crippen LogP contribution in [0.1, 0.15) is 24.9 Å². The zero-order valence-electron chi connectivity index (χ0n) is 10.2. The Balaban J connectivity index is 0.00000162. The van der Waals surface area contributed by atoms with Crippen LogP contribution in [0.25, 0.3) is 0 Å². The smallest absolute Gasteiger partial charge is 0.307 e. The first-order valence-electron chi connectivity index (χ1n) is 5.80. The van der Waals surface area contributed by atoms with Gasteiger partial charge < -0.3 is 5.11 Å². The summed E-state index contributed by atoms with van der Waals surface area (Å²) in [6.45, 7) is 3.65. The van der Waals surface area contributed by atoms with E-state index >= 15 is 0 Å². The molecule has 2 unspecified atom stereocenters. The molecule has 1 heterocycles. The second kappa shape index (κ2) is 6.55. The molecule has 0 aliphatic carbocycles. The van der Waals surface area contributed by atoms with Crippen LogP contribution in [-0.4, -0.2) is 29.1 Å². The number of carboxylic acids is 1. The van der Waals surface area contributed by atoms with Gasteiger partial charge in [0.05, 0.1) is 5.92 Å². The largest absolute Gasteiger partial charge is 0.481 e. The minimum Gasteiger partial charge on any atom is -0.481 e. The molecule has 1 saturated heterocycles. The lowest BCUT2D eigenvalue weighted by Gasteiger charge is -2.24. The number of nitrogens with zero attached hydrogens (tertiary/aromatic N) is 1. The lowest BCUT2D eigenvalue weighted by Crippen LogP contribution is -2.26. The van der Waals surface area contributed by atoms with Gasteiger partial charge in [-0.05, 0) is 37.6 Å². The van der Waals surface area contributed by atoms with E-state index in [0.29, 0.717) is 6.54 Å². The van der Waals surface area contributed by atoms with Crippen LogP contribution >= 0.6 is 28.3 Å². The zero-order chi connectivity index (χ0) is 12.4. The molecule has 1 N–H and O–H groups in total. The van der Waals surface area contributed by atoms with Crippen LogP contribution in [0.5, 0.6) is 0 Å². The maximum absolute atomic E-state index is 10.9. The minimum atomic E-state index is -0.672. The van der Waals surface area contributed by atoms with Gasteiger partial charge in [0, 0.05) is 17.1 Å². The number of halogens is 2. The average Bonchev–Trinajstić information content (AvgIpc) is 2.77. The fourth-order valence-corrected chi connectivity index (χ4v) is 2.73. The summed E-state index contributed by atoms with van der Waals surface area (Å²) >= 11 is 3.46. The number of rotatable bonds is 3. The standard InChI is InChI=1S/C13H16BrNO2.ClH/c1-9(10-3-2-4-12(14)7-10)15-6-5-11(8-15)13(16)17;/h2-4,7,9,11H,5-6,8H2,1H3,(H,16,17);1H. The third-order valence-corrected chi connectivity index (χ3v) is 3.94. The van der Waals surface area contributed by atoms with Crippen LogP contribution < -0.4 is 0 Å². The van der Waals surface area contributed by atoms with Crippen molar-refractivity contribution in [3.05, 3.63) is 34.3 Å². The van der Waals surface area contributed by atoms with Gasteiger partial charge in [0.15, 0.2) is 0 Å². The molecule has 2 rings (SSSR count). The monoisotopic (exact) mass is 333 g/mol. The normalized spacial score (nSPS) is 21.3. The van der Waals surface area contributed by atoms with Gasteiger partial charge in [0.2, 0.25) is 0 Å². The number of aliphatic carboxylic acids is 1. The SMILES string of the molecule is CC(c1cccc(Br)c1)N1CCC(C(=O)O)C1.Cl. The quantitative estimate of drug-likeness (QED) is 0.921. The molecule has 1 aliphatic heterocycles. The second-order valence-electron chi connectivity index (χ2n) is 4.55. The third kappa shape index (κ3) is 3.46. The summed E-state index contributed by atoms with van der Waals surface area (Å²) in [6.07, 6.45) is 0.758. The van der Waals surface area contributed by atoms with E-state index in [0.717, 1.165) is 17.4 Å². The van der Waals surface area contributed by atoms with E-state index in [1.165, 1.54) is 5.56 Å². The van der Waals surface area contributed by atoms with E-state index in [1.807, 2.05) is 12.1 Å². The Morgan fingerprint density at radius 1 is 1.56 bits per heavy atom. The molecule has 1 fully saturated rings. The van der Waals surface area contributed by atoms with Crippen molar-refractivity contribution >= 4 is 34.3 Å². The van der Waals surface area contributed by atoms with Crippen LogP contribution in [0.3, 0.4) is 0 Å². The van der Waals surface area contributed by atoms with E-state index in [-0.39, 0.29) is 24.4 Å². The summed E-state index contributed by atoms with van der Waals surface area (Å²) in [5.74, 6) is -0.876. The molecule has 5 heteroatoms. The molecule has 1 aliphatic rings. The van der Waals surface area contributed by atoms with Gasteiger partial charge in [0.25, 0.3) is 0 Å². The summed E-state index contributed by atoms with van der Waals surface area (Å²) in [7, 11) is 0. The molecule has 3 nitrogen and oxygen atoms in total. The van der Waals surface area contributed by atoms with E-state index in [2.05, 4.69) is 39.9 Å². The number of hydrogen-bond acceptors (Lipinski definition) is 2. The predicted octanol–water partition coefficient (Wildman–Crippen LogP) is 3.34. The van der Waals surface area contributed by atoms with Crippen molar-refractivity contribution < 1.29 is 9.90 Å². The number of carbonyl (C=O) groups is 1. The Morgan fingerprint density at radius 3 is 2.83 bits per heavy atom. The summed E-state index contributed by atoms with van der Waals surface area (Å²) < 4.78 is 1.07. The van der Waals surface area contributed by atoms with Gasteiger partial charge in [-0.25, -0.2) is 0 Å². The van der Waals surface area contributed by atoms with Crippen LogP contribution in [0, 0.1) is 5.92 Å². The third-order valence-electron chi connectivity index (χ3n) is 3.45. The molecule has 1 aromatic rings. The molecule has 2 atom stereocenters. The molecule has 0 amide bonds. The Morgan fingerprint density at radius 2 is 2.28 bits per heavy atom. The highest BCUT2D eigenvalue weighted by molar-refractivity contribution is 9.10. The number of likely N-dealkylation sites (tertiary alicyclic amines) is 1. The molecule has 18 heavy (non-hydrogen) atoms. The van der Waals surface area contributed by atoms with Gasteiger partial charge in [0.1, 0.15) is 0 Å². The van der Waals surface area contributed by atoms with E-state index < -0.39 is 5.97 Å². The molecule has 0 bridgehead atoms.